The van der Waals surface area contributed by atoms with Gasteiger partial charge in [0.15, 0.2) is 0 Å². The zero-order chi connectivity index (χ0) is 14.5. The first-order valence-corrected chi connectivity index (χ1v) is 7.39. The molecule has 0 saturated carbocycles. The first kappa shape index (κ1) is 34.1. The minimum absolute atomic E-state index is 0. The van der Waals surface area contributed by atoms with Crippen molar-refractivity contribution >= 4 is 29.6 Å². The molecule has 0 bridgehead atoms. The maximum Gasteiger partial charge on any atom is 1.00 e. The quantitative estimate of drug-likeness (QED) is 0.260. The Kier molecular flexibility index (Phi) is 24.0. The van der Waals surface area contributed by atoms with Gasteiger partial charge in [-0.15, -0.1) is 0 Å². The number of phosphoric acid groups is 3. The molecule has 0 heterocycles. The van der Waals surface area contributed by atoms with Crippen LogP contribution in [0.3, 0.4) is 0 Å². The van der Waals surface area contributed by atoms with Gasteiger partial charge in [-0.1, -0.05) is 0 Å². The van der Waals surface area contributed by atoms with Gasteiger partial charge in [0.2, 0.25) is 0 Å². The van der Waals surface area contributed by atoms with Gasteiger partial charge in [0, 0.05) is 0 Å². The Balaban J connectivity index is -0.0000000951. The molecule has 0 aliphatic carbocycles. The number of carboxylic acid groups (broad SMARTS) is 2. The summed E-state index contributed by atoms with van der Waals surface area (Å²) in [7, 11) is -16.5. The van der Waals surface area contributed by atoms with Crippen molar-refractivity contribution in [3.8, 4) is 0 Å². The molecule has 0 spiro atoms. The van der Waals surface area contributed by atoms with E-state index >= 15 is 0 Å². The summed E-state index contributed by atoms with van der Waals surface area (Å²) in [6, 6.07) is 0. The molecule has 0 aliphatic heterocycles. The molecule has 19 heteroatoms. The van der Waals surface area contributed by atoms with Crippen molar-refractivity contribution in [3.63, 3.8) is 0 Å². The van der Waals surface area contributed by atoms with Crippen LogP contribution in [0.15, 0.2) is 0 Å². The molecular formula is CH4Na3O13P3. The second-order valence-electron chi connectivity index (χ2n) is 1.84. The first-order chi connectivity index (χ1) is 7.15. The minimum Gasteiger partial charge on any atom is -0.756 e. The molecular weight excluding hydrogens is 382 g/mol. The maximum atomic E-state index is 10.3. The molecule has 0 aliphatic rings. The van der Waals surface area contributed by atoms with Gasteiger partial charge in [0.1, 0.15) is 0 Å². The van der Waals surface area contributed by atoms with Gasteiger partial charge >= 0.3 is 104 Å². The average molecular weight is 386 g/mol. The first-order valence-electron chi connectivity index (χ1n) is 2.87. The predicted octanol–water partition coefficient (Wildman–Crippen LogP) is -12.8. The number of carbonyl (C=O) groups excluding carboxylic acids is 1. The van der Waals surface area contributed by atoms with Crippen molar-refractivity contribution in [2.75, 3.05) is 0 Å². The molecule has 0 radical (unpaired) electrons. The topological polar surface area (TPSA) is 237 Å². The molecule has 0 aromatic rings. The van der Waals surface area contributed by atoms with E-state index in [1.54, 1.807) is 0 Å². The van der Waals surface area contributed by atoms with Crippen LogP contribution in [0.25, 0.3) is 0 Å². The maximum absolute atomic E-state index is 10.3. The fraction of sp³-hybridized carbons (Fsp3) is 0. The van der Waals surface area contributed by atoms with Crippen LogP contribution in [0.4, 0.5) is 4.79 Å². The van der Waals surface area contributed by atoms with E-state index in [-0.39, 0.29) is 88.7 Å². The van der Waals surface area contributed by atoms with E-state index in [1.165, 1.54) is 0 Å². The van der Waals surface area contributed by atoms with Crippen LogP contribution in [0.1, 0.15) is 0 Å². The molecule has 20 heavy (non-hydrogen) atoms. The van der Waals surface area contributed by atoms with Crippen LogP contribution in [-0.4, -0.2) is 25.7 Å². The third kappa shape index (κ3) is 37.2. The summed E-state index contributed by atoms with van der Waals surface area (Å²) >= 11 is 0. The number of hydrogen-bond acceptors (Lipinski definition) is 9. The molecule has 0 rings (SSSR count). The zero-order valence-electron chi connectivity index (χ0n) is 10.3. The van der Waals surface area contributed by atoms with Crippen molar-refractivity contribution in [1.82, 2.24) is 0 Å². The van der Waals surface area contributed by atoms with Crippen molar-refractivity contribution < 1.29 is 150 Å². The summed E-state index contributed by atoms with van der Waals surface area (Å²) in [5.41, 5.74) is 0. The smallest absolute Gasteiger partial charge is 0.756 e. The summed E-state index contributed by atoms with van der Waals surface area (Å²) in [4.78, 5) is 50.2. The number of carbonyl (C=O) groups is 1. The van der Waals surface area contributed by atoms with Crippen LogP contribution >= 0.6 is 23.5 Å². The van der Waals surface area contributed by atoms with Gasteiger partial charge in [-0.2, -0.15) is 4.31 Å². The Morgan fingerprint density at radius 3 is 1.25 bits per heavy atom. The normalized spacial score (nSPS) is 15.4. The third-order valence-corrected chi connectivity index (χ3v) is 3.74. The summed E-state index contributed by atoms with van der Waals surface area (Å²) in [5.74, 6) is 0. The zero-order valence-corrected chi connectivity index (χ0v) is 19.0. The van der Waals surface area contributed by atoms with Gasteiger partial charge in [0.25, 0.3) is 7.82 Å². The van der Waals surface area contributed by atoms with Crippen LogP contribution in [0.5, 0.6) is 0 Å². The largest absolute Gasteiger partial charge is 1.00 e. The van der Waals surface area contributed by atoms with E-state index in [2.05, 4.69) is 8.62 Å². The number of rotatable bonds is 4. The van der Waals surface area contributed by atoms with Crippen LogP contribution < -0.4 is 104 Å². The van der Waals surface area contributed by atoms with Crippen molar-refractivity contribution in [3.05, 3.63) is 0 Å². The summed E-state index contributed by atoms with van der Waals surface area (Å²) < 4.78 is 36.1. The summed E-state index contributed by atoms with van der Waals surface area (Å²) in [6.45, 7) is 0. The molecule has 4 N–H and O–H groups in total. The van der Waals surface area contributed by atoms with Gasteiger partial charge in [0.05, 0.1) is 0 Å². The Morgan fingerprint density at radius 1 is 0.850 bits per heavy atom. The van der Waals surface area contributed by atoms with Crippen molar-refractivity contribution in [2.45, 2.75) is 0 Å². The predicted molar refractivity (Wildman–Crippen MR) is 39.3 cm³/mol. The Bertz CT molecular complexity index is 362. The molecule has 0 aromatic carbocycles. The molecule has 0 fully saturated rings. The van der Waals surface area contributed by atoms with E-state index in [0.29, 0.717) is 0 Å². The fourth-order valence-corrected chi connectivity index (χ4v) is 2.79. The molecule has 0 saturated heterocycles. The fourth-order valence-electron chi connectivity index (χ4n) is 0.280. The van der Waals surface area contributed by atoms with E-state index in [1.807, 2.05) is 0 Å². The molecule has 104 valence electrons. The van der Waals surface area contributed by atoms with E-state index in [4.69, 9.17) is 34.6 Å². The Hall–Kier alpha value is 2.68. The van der Waals surface area contributed by atoms with Crippen molar-refractivity contribution in [1.29, 1.82) is 0 Å². The standard InChI is InChI=1S/CH2O3.3Na.H5O10P3/c2-1(3)4;;;;1-11(2,3)9-13(7,8)10-12(4,5)6/h(H2,2,3,4);;;;(H,7,8)(H2,1,2,3)(H2,4,5,6)/q;3*+1;/p-3. The van der Waals surface area contributed by atoms with Crippen LogP contribution in [-0.2, 0) is 22.3 Å². The second-order valence-corrected chi connectivity index (χ2v) is 6.00. The monoisotopic (exact) mass is 386 g/mol. The molecule has 13 nitrogen and oxygen atoms in total. The minimum atomic E-state index is -5.60. The average Bonchev–Trinajstić information content (AvgIpc) is 1.68. The molecule has 0 aromatic heterocycles. The molecule has 2 unspecified atom stereocenters. The van der Waals surface area contributed by atoms with E-state index < -0.39 is 29.6 Å². The van der Waals surface area contributed by atoms with Gasteiger partial charge in [-0.05, 0) is 6.16 Å². The van der Waals surface area contributed by atoms with Crippen molar-refractivity contribution in [2.24, 2.45) is 0 Å². The number of hydrogen-bond donors (Lipinski definition) is 4. The van der Waals surface area contributed by atoms with Gasteiger partial charge in [-0.25, -0.2) is 13.4 Å². The molecule has 0 amide bonds. The van der Waals surface area contributed by atoms with E-state index in [0.717, 1.165) is 0 Å². The SMILES string of the molecule is O=C([O-])[O-].O=P([O-])(O)OP(=O)(O)OP(=O)(O)O.[Na+].[Na+].[Na+]. The third-order valence-electron chi connectivity index (χ3n) is 0.416. The molecule has 2 atom stereocenters. The van der Waals surface area contributed by atoms with Gasteiger partial charge < -0.3 is 39.5 Å². The van der Waals surface area contributed by atoms with E-state index in [9.17, 15) is 18.6 Å². The van der Waals surface area contributed by atoms with Crippen LogP contribution in [0, 0.1) is 0 Å². The summed E-state index contributed by atoms with van der Waals surface area (Å²) in [5, 5.41) is 16.7. The Morgan fingerprint density at radius 2 is 1.10 bits per heavy atom. The second kappa shape index (κ2) is 14.1. The van der Waals surface area contributed by atoms with Gasteiger partial charge in [-0.3, -0.25) is 4.57 Å². The van der Waals surface area contributed by atoms with Crippen LogP contribution in [0.2, 0.25) is 0 Å². The Labute approximate surface area is 178 Å². The summed E-state index contributed by atoms with van der Waals surface area (Å²) in [6.07, 6.45) is -2.33.